The van der Waals surface area contributed by atoms with E-state index in [-0.39, 0.29) is 8.46 Å². The molecule has 4 heteroatoms. The van der Waals surface area contributed by atoms with E-state index < -0.39 is 5.53 Å². The van der Waals surface area contributed by atoms with Gasteiger partial charge >= 0.3 is 0 Å². The van der Waals surface area contributed by atoms with Crippen molar-refractivity contribution in [3.8, 4) is 0 Å². The van der Waals surface area contributed by atoms with E-state index in [1.807, 2.05) is 0 Å². The van der Waals surface area contributed by atoms with Crippen molar-refractivity contribution in [2.45, 2.75) is 52.0 Å². The molecule has 0 bridgehead atoms. The minimum absolute atomic E-state index is 0.0957. The molecule has 0 amide bonds. The molecule has 0 unspecified atom stereocenters. The Labute approximate surface area is 88.4 Å². The van der Waals surface area contributed by atoms with E-state index in [9.17, 15) is 4.57 Å². The first kappa shape index (κ1) is 14.0. The quantitative estimate of drug-likeness (QED) is 0.338. The highest BCUT2D eigenvalue weighted by Gasteiger charge is 2.26. The van der Waals surface area contributed by atoms with Crippen molar-refractivity contribution < 1.29 is 14.0 Å². The minimum Gasteiger partial charge on any atom is -0.341 e. The number of unbranched alkanes of at least 4 members (excludes halogenated alkanes) is 2. The highest BCUT2D eigenvalue weighted by Crippen LogP contribution is 2.26. The van der Waals surface area contributed by atoms with Gasteiger partial charge in [0.25, 0.3) is 0 Å². The molecule has 0 aromatic rings. The Bertz CT molecular complexity index is 140. The van der Waals surface area contributed by atoms with Crippen molar-refractivity contribution >= 4 is 8.46 Å². The fourth-order valence-corrected chi connectivity index (χ4v) is 1.19. The molecule has 0 aliphatic carbocycles. The Morgan fingerprint density at radius 3 is 1.79 bits per heavy atom. The standard InChI is InChI=1S/C10H21O3P/c1-4-6-8-12-10(3,14-11)13-9-7-5-2/h4-9H2,1-3H3. The molecule has 0 aliphatic rings. The number of hydrogen-bond acceptors (Lipinski definition) is 3. The summed E-state index contributed by atoms with van der Waals surface area (Å²) in [6.45, 7) is 7.11. The van der Waals surface area contributed by atoms with E-state index >= 15 is 0 Å². The SMILES string of the molecule is CCCCOC(C)(OCCCC)P=O. The lowest BCUT2D eigenvalue weighted by atomic mass is 10.3. The zero-order valence-corrected chi connectivity index (χ0v) is 10.3. The van der Waals surface area contributed by atoms with Gasteiger partial charge in [0, 0.05) is 6.92 Å². The smallest absolute Gasteiger partial charge is 0.248 e. The second-order valence-electron chi connectivity index (χ2n) is 3.39. The first-order valence-corrected chi connectivity index (χ1v) is 6.12. The van der Waals surface area contributed by atoms with Crippen molar-refractivity contribution in [2.75, 3.05) is 13.2 Å². The molecule has 3 nitrogen and oxygen atoms in total. The van der Waals surface area contributed by atoms with Crippen LogP contribution in [0.15, 0.2) is 0 Å². The minimum atomic E-state index is -0.940. The Hall–Kier alpha value is 0.0200. The highest BCUT2D eigenvalue weighted by atomic mass is 31.1. The number of ether oxygens (including phenoxy) is 2. The molecule has 0 rings (SSSR count). The number of hydrogen-bond donors (Lipinski definition) is 0. The Morgan fingerprint density at radius 1 is 1.07 bits per heavy atom. The van der Waals surface area contributed by atoms with Gasteiger partial charge in [-0.15, -0.1) is 0 Å². The molecular weight excluding hydrogens is 199 g/mol. The molecular formula is C10H21O3P. The van der Waals surface area contributed by atoms with Gasteiger partial charge in [0.1, 0.15) is 0 Å². The maximum atomic E-state index is 10.9. The van der Waals surface area contributed by atoms with E-state index in [0.29, 0.717) is 13.2 Å². The first-order chi connectivity index (χ1) is 6.68. The van der Waals surface area contributed by atoms with Crippen LogP contribution in [-0.4, -0.2) is 18.7 Å². The van der Waals surface area contributed by atoms with Crippen LogP contribution in [0.3, 0.4) is 0 Å². The van der Waals surface area contributed by atoms with Gasteiger partial charge in [-0.25, -0.2) is 0 Å². The molecule has 84 valence electrons. The van der Waals surface area contributed by atoms with Gasteiger partial charge in [0.05, 0.1) is 13.2 Å². The lowest BCUT2D eigenvalue weighted by Gasteiger charge is -2.22. The van der Waals surface area contributed by atoms with Crippen LogP contribution in [0.2, 0.25) is 0 Å². The van der Waals surface area contributed by atoms with E-state index in [1.54, 1.807) is 6.92 Å². The van der Waals surface area contributed by atoms with Gasteiger partial charge in [0.2, 0.25) is 14.0 Å². The van der Waals surface area contributed by atoms with Gasteiger partial charge in [-0.3, -0.25) is 4.57 Å². The zero-order chi connectivity index (χ0) is 10.9. The molecule has 0 spiro atoms. The molecule has 0 aromatic heterocycles. The summed E-state index contributed by atoms with van der Waals surface area (Å²) >= 11 is 0. The molecule has 0 radical (unpaired) electrons. The van der Waals surface area contributed by atoms with Gasteiger partial charge in [0.15, 0.2) is 0 Å². The van der Waals surface area contributed by atoms with Gasteiger partial charge < -0.3 is 9.47 Å². The third kappa shape index (κ3) is 6.47. The van der Waals surface area contributed by atoms with Crippen molar-refractivity contribution in [1.29, 1.82) is 0 Å². The molecule has 0 saturated carbocycles. The van der Waals surface area contributed by atoms with Crippen molar-refractivity contribution in [2.24, 2.45) is 0 Å². The van der Waals surface area contributed by atoms with Gasteiger partial charge in [-0.2, -0.15) is 0 Å². The molecule has 0 saturated heterocycles. The van der Waals surface area contributed by atoms with E-state index in [0.717, 1.165) is 25.7 Å². The van der Waals surface area contributed by atoms with Gasteiger partial charge in [-0.05, 0) is 12.8 Å². The van der Waals surface area contributed by atoms with Crippen molar-refractivity contribution in [1.82, 2.24) is 0 Å². The van der Waals surface area contributed by atoms with Crippen LogP contribution in [0.4, 0.5) is 0 Å². The third-order valence-corrected chi connectivity index (χ3v) is 2.49. The molecule has 14 heavy (non-hydrogen) atoms. The second-order valence-corrected chi connectivity index (χ2v) is 4.39. The predicted molar refractivity (Wildman–Crippen MR) is 57.7 cm³/mol. The largest absolute Gasteiger partial charge is 0.341 e. The van der Waals surface area contributed by atoms with Crippen LogP contribution in [0.5, 0.6) is 0 Å². The first-order valence-electron chi connectivity index (χ1n) is 5.31. The molecule has 0 N–H and O–H groups in total. The lowest BCUT2D eigenvalue weighted by molar-refractivity contribution is -0.164. The molecule has 0 heterocycles. The average Bonchev–Trinajstić information content (AvgIpc) is 2.19. The van der Waals surface area contributed by atoms with Crippen molar-refractivity contribution in [3.05, 3.63) is 0 Å². The van der Waals surface area contributed by atoms with Crippen molar-refractivity contribution in [3.63, 3.8) is 0 Å². The van der Waals surface area contributed by atoms with Crippen LogP contribution >= 0.6 is 8.46 Å². The molecule has 0 fully saturated rings. The maximum absolute atomic E-state index is 10.9. The summed E-state index contributed by atoms with van der Waals surface area (Å²) in [6, 6.07) is 0. The lowest BCUT2D eigenvalue weighted by Crippen LogP contribution is -2.26. The van der Waals surface area contributed by atoms with Crippen LogP contribution in [0, 0.1) is 0 Å². The Morgan fingerprint density at radius 2 is 1.50 bits per heavy atom. The molecule has 0 atom stereocenters. The predicted octanol–water partition coefficient (Wildman–Crippen LogP) is 3.59. The summed E-state index contributed by atoms with van der Waals surface area (Å²) in [4.78, 5) is 0. The fraction of sp³-hybridized carbons (Fsp3) is 1.00. The van der Waals surface area contributed by atoms with Gasteiger partial charge in [-0.1, -0.05) is 26.7 Å². The van der Waals surface area contributed by atoms with Crippen LogP contribution < -0.4 is 0 Å². The molecule has 0 aromatic carbocycles. The zero-order valence-electron chi connectivity index (χ0n) is 9.41. The average molecular weight is 220 g/mol. The Balaban J connectivity index is 3.73. The summed E-state index contributed by atoms with van der Waals surface area (Å²) in [7, 11) is -0.0957. The van der Waals surface area contributed by atoms with Crippen LogP contribution in [-0.2, 0) is 14.0 Å². The molecule has 0 aliphatic heterocycles. The topological polar surface area (TPSA) is 35.5 Å². The highest BCUT2D eigenvalue weighted by molar-refractivity contribution is 7.25. The van der Waals surface area contributed by atoms with E-state index in [4.69, 9.17) is 9.47 Å². The summed E-state index contributed by atoms with van der Waals surface area (Å²) < 4.78 is 21.7. The third-order valence-electron chi connectivity index (χ3n) is 1.90. The Kier molecular flexibility index (Phi) is 8.35. The monoisotopic (exact) mass is 220 g/mol. The normalized spacial score (nSPS) is 12.2. The van der Waals surface area contributed by atoms with E-state index in [2.05, 4.69) is 13.8 Å². The summed E-state index contributed by atoms with van der Waals surface area (Å²) in [6.07, 6.45) is 4.09. The van der Waals surface area contributed by atoms with Crippen LogP contribution in [0.1, 0.15) is 46.5 Å². The summed E-state index contributed by atoms with van der Waals surface area (Å²) in [5, 5.41) is 0. The summed E-state index contributed by atoms with van der Waals surface area (Å²) in [5.41, 5.74) is -0.940. The second kappa shape index (κ2) is 8.34. The summed E-state index contributed by atoms with van der Waals surface area (Å²) in [5.74, 6) is 0. The van der Waals surface area contributed by atoms with E-state index in [1.165, 1.54) is 0 Å². The maximum Gasteiger partial charge on any atom is 0.248 e. The number of rotatable bonds is 9. The van der Waals surface area contributed by atoms with Crippen LogP contribution in [0.25, 0.3) is 0 Å². The fourth-order valence-electron chi connectivity index (χ4n) is 0.906.